The molecule has 2 aromatic rings. The van der Waals surface area contributed by atoms with Gasteiger partial charge in [0.05, 0.1) is 0 Å². The minimum Gasteiger partial charge on any atom is -0.486 e. The van der Waals surface area contributed by atoms with E-state index in [0.717, 1.165) is 5.56 Å². The maximum absolute atomic E-state index is 12.1. The van der Waals surface area contributed by atoms with Gasteiger partial charge >= 0.3 is 0 Å². The van der Waals surface area contributed by atoms with E-state index in [1.807, 2.05) is 12.1 Å². The van der Waals surface area contributed by atoms with Crippen LogP contribution in [0.25, 0.3) is 6.08 Å². The number of ether oxygens (including phenoxy) is 2. The number of carbonyl (C=O) groups excluding carboxylic acids is 1. The predicted molar refractivity (Wildman–Crippen MR) is 75.0 cm³/mol. The molecule has 100 valence electrons. The molecule has 0 radical (unpaired) electrons. The molecule has 0 amide bonds. The highest BCUT2D eigenvalue weighted by molar-refractivity contribution is 6.07. The maximum atomic E-state index is 12.1. The molecule has 0 spiro atoms. The SMILES string of the molecule is O=C(C=Cc1cccnc1)c1ccc2c(c1)OCCO2. The summed E-state index contributed by atoms with van der Waals surface area (Å²) in [4.78, 5) is 16.1. The third-order valence-electron chi connectivity index (χ3n) is 2.94. The maximum Gasteiger partial charge on any atom is 0.185 e. The lowest BCUT2D eigenvalue weighted by molar-refractivity contribution is 0.104. The zero-order chi connectivity index (χ0) is 13.8. The van der Waals surface area contributed by atoms with Crippen LogP contribution in [-0.4, -0.2) is 24.0 Å². The molecule has 1 aromatic carbocycles. The summed E-state index contributed by atoms with van der Waals surface area (Å²) in [6.45, 7) is 1.05. The van der Waals surface area contributed by atoms with Gasteiger partial charge in [0, 0.05) is 18.0 Å². The van der Waals surface area contributed by atoms with E-state index >= 15 is 0 Å². The van der Waals surface area contributed by atoms with Crippen molar-refractivity contribution in [1.29, 1.82) is 0 Å². The Hall–Kier alpha value is -2.62. The second-order valence-electron chi connectivity index (χ2n) is 4.34. The van der Waals surface area contributed by atoms with E-state index < -0.39 is 0 Å². The van der Waals surface area contributed by atoms with E-state index in [-0.39, 0.29) is 5.78 Å². The summed E-state index contributed by atoms with van der Waals surface area (Å²) in [7, 11) is 0. The van der Waals surface area contributed by atoms with Gasteiger partial charge in [-0.3, -0.25) is 9.78 Å². The number of hydrogen-bond donors (Lipinski definition) is 0. The van der Waals surface area contributed by atoms with Crippen molar-refractivity contribution in [1.82, 2.24) is 4.98 Å². The summed E-state index contributed by atoms with van der Waals surface area (Å²) in [5.74, 6) is 1.23. The molecule has 0 aliphatic carbocycles. The van der Waals surface area contributed by atoms with Crippen molar-refractivity contribution < 1.29 is 14.3 Å². The van der Waals surface area contributed by atoms with Crippen LogP contribution in [0.3, 0.4) is 0 Å². The Balaban J connectivity index is 1.79. The third kappa shape index (κ3) is 2.69. The summed E-state index contributed by atoms with van der Waals surface area (Å²) in [5, 5.41) is 0. The number of benzene rings is 1. The van der Waals surface area contributed by atoms with Crippen LogP contribution in [0.15, 0.2) is 48.8 Å². The number of hydrogen-bond acceptors (Lipinski definition) is 4. The average Bonchev–Trinajstić information content (AvgIpc) is 2.53. The molecule has 4 nitrogen and oxygen atoms in total. The Labute approximate surface area is 116 Å². The van der Waals surface area contributed by atoms with E-state index in [2.05, 4.69) is 4.98 Å². The number of rotatable bonds is 3. The molecular weight excluding hydrogens is 254 g/mol. The molecule has 3 rings (SSSR count). The van der Waals surface area contributed by atoms with Gasteiger partial charge in [-0.25, -0.2) is 0 Å². The van der Waals surface area contributed by atoms with Crippen LogP contribution in [0.2, 0.25) is 0 Å². The van der Waals surface area contributed by atoms with Crippen molar-refractivity contribution in [2.75, 3.05) is 13.2 Å². The molecule has 1 aromatic heterocycles. The fourth-order valence-corrected chi connectivity index (χ4v) is 1.94. The van der Waals surface area contributed by atoms with Crippen molar-refractivity contribution in [3.63, 3.8) is 0 Å². The first-order chi connectivity index (χ1) is 9.83. The standard InChI is InChI=1S/C16H13NO3/c18-14(5-3-12-2-1-7-17-11-12)13-4-6-15-16(10-13)20-9-8-19-15/h1-7,10-11H,8-9H2. The van der Waals surface area contributed by atoms with Crippen LogP contribution in [0, 0.1) is 0 Å². The van der Waals surface area contributed by atoms with Crippen molar-refractivity contribution in [2.45, 2.75) is 0 Å². The fraction of sp³-hybridized carbons (Fsp3) is 0.125. The predicted octanol–water partition coefficient (Wildman–Crippen LogP) is 2.75. The second-order valence-corrected chi connectivity index (χ2v) is 4.34. The summed E-state index contributed by atoms with van der Waals surface area (Å²) in [6, 6.07) is 8.93. The number of pyridine rings is 1. The molecule has 20 heavy (non-hydrogen) atoms. The number of fused-ring (bicyclic) bond motifs is 1. The van der Waals surface area contributed by atoms with Crippen LogP contribution in [0.5, 0.6) is 11.5 Å². The Morgan fingerprint density at radius 1 is 1.15 bits per heavy atom. The Morgan fingerprint density at radius 2 is 2.00 bits per heavy atom. The monoisotopic (exact) mass is 267 g/mol. The number of aromatic nitrogens is 1. The highest BCUT2D eigenvalue weighted by Crippen LogP contribution is 2.30. The van der Waals surface area contributed by atoms with Gasteiger partial charge in [0.2, 0.25) is 0 Å². The molecule has 0 fully saturated rings. The number of carbonyl (C=O) groups is 1. The molecule has 0 atom stereocenters. The number of nitrogens with zero attached hydrogens (tertiary/aromatic N) is 1. The summed E-state index contributed by atoms with van der Waals surface area (Å²) in [5.41, 5.74) is 1.47. The molecule has 1 aliphatic heterocycles. The van der Waals surface area contributed by atoms with Gasteiger partial charge in [-0.15, -0.1) is 0 Å². The summed E-state index contributed by atoms with van der Waals surface area (Å²) < 4.78 is 10.9. The molecule has 0 saturated carbocycles. The number of ketones is 1. The molecule has 0 saturated heterocycles. The minimum atomic E-state index is -0.0779. The topological polar surface area (TPSA) is 48.4 Å². The van der Waals surface area contributed by atoms with E-state index in [4.69, 9.17) is 9.47 Å². The van der Waals surface area contributed by atoms with Gasteiger partial charge in [0.15, 0.2) is 17.3 Å². The molecule has 2 heterocycles. The molecule has 1 aliphatic rings. The zero-order valence-corrected chi connectivity index (χ0v) is 10.8. The molecular formula is C16H13NO3. The summed E-state index contributed by atoms with van der Waals surface area (Å²) >= 11 is 0. The van der Waals surface area contributed by atoms with Gasteiger partial charge in [-0.2, -0.15) is 0 Å². The Kier molecular flexibility index (Phi) is 3.46. The molecule has 4 heteroatoms. The highest BCUT2D eigenvalue weighted by Gasteiger charge is 2.13. The van der Waals surface area contributed by atoms with Crippen molar-refractivity contribution in [2.24, 2.45) is 0 Å². The van der Waals surface area contributed by atoms with E-state index in [9.17, 15) is 4.79 Å². The van der Waals surface area contributed by atoms with Gasteiger partial charge in [0.1, 0.15) is 13.2 Å². The first kappa shape index (κ1) is 12.4. The van der Waals surface area contributed by atoms with Crippen molar-refractivity contribution in [3.8, 4) is 11.5 Å². The lowest BCUT2D eigenvalue weighted by atomic mass is 10.1. The fourth-order valence-electron chi connectivity index (χ4n) is 1.94. The lowest BCUT2D eigenvalue weighted by Gasteiger charge is -2.18. The van der Waals surface area contributed by atoms with Crippen molar-refractivity contribution >= 4 is 11.9 Å². The minimum absolute atomic E-state index is 0.0779. The van der Waals surface area contributed by atoms with Gasteiger partial charge in [-0.1, -0.05) is 6.07 Å². The van der Waals surface area contributed by atoms with Gasteiger partial charge < -0.3 is 9.47 Å². The van der Waals surface area contributed by atoms with E-state index in [1.165, 1.54) is 6.08 Å². The van der Waals surface area contributed by atoms with Crippen LogP contribution in [-0.2, 0) is 0 Å². The average molecular weight is 267 g/mol. The smallest absolute Gasteiger partial charge is 0.185 e. The molecule has 0 bridgehead atoms. The summed E-state index contributed by atoms with van der Waals surface area (Å²) in [6.07, 6.45) is 6.67. The highest BCUT2D eigenvalue weighted by atomic mass is 16.6. The molecule has 0 unspecified atom stereocenters. The van der Waals surface area contributed by atoms with Crippen LogP contribution in [0.1, 0.15) is 15.9 Å². The Bertz CT molecular complexity index is 650. The van der Waals surface area contributed by atoms with Crippen molar-refractivity contribution in [3.05, 3.63) is 59.9 Å². The second kappa shape index (κ2) is 5.57. The van der Waals surface area contributed by atoms with Crippen LogP contribution < -0.4 is 9.47 Å². The van der Waals surface area contributed by atoms with Gasteiger partial charge in [0.25, 0.3) is 0 Å². The van der Waals surface area contributed by atoms with Crippen LogP contribution >= 0.6 is 0 Å². The first-order valence-electron chi connectivity index (χ1n) is 6.35. The Morgan fingerprint density at radius 3 is 2.80 bits per heavy atom. The molecule has 0 N–H and O–H groups in total. The van der Waals surface area contributed by atoms with Crippen LogP contribution in [0.4, 0.5) is 0 Å². The lowest BCUT2D eigenvalue weighted by Crippen LogP contribution is -2.15. The van der Waals surface area contributed by atoms with E-state index in [1.54, 1.807) is 36.7 Å². The van der Waals surface area contributed by atoms with Gasteiger partial charge in [-0.05, 0) is 42.0 Å². The number of allylic oxidation sites excluding steroid dienone is 1. The largest absolute Gasteiger partial charge is 0.486 e. The zero-order valence-electron chi connectivity index (χ0n) is 10.8. The van der Waals surface area contributed by atoms with E-state index in [0.29, 0.717) is 30.3 Å². The third-order valence-corrected chi connectivity index (χ3v) is 2.94. The first-order valence-corrected chi connectivity index (χ1v) is 6.35. The normalized spacial score (nSPS) is 13.4. The quantitative estimate of drug-likeness (QED) is 0.633.